The Hall–Kier alpha value is -3.88. The van der Waals surface area contributed by atoms with Crippen LogP contribution in [-0.4, -0.2) is 51.2 Å². The Morgan fingerprint density at radius 2 is 1.60 bits per heavy atom. The number of rotatable bonds is 6. The summed E-state index contributed by atoms with van der Waals surface area (Å²) in [6.07, 6.45) is 6.00. The molecule has 2 aliphatic rings. The zero-order chi connectivity index (χ0) is 24.4. The Morgan fingerprint density at radius 1 is 0.914 bits per heavy atom. The van der Waals surface area contributed by atoms with Crippen LogP contribution in [0.5, 0.6) is 29.0 Å². The molecule has 1 aromatic carbocycles. The molecule has 182 valence electrons. The summed E-state index contributed by atoms with van der Waals surface area (Å²) in [4.78, 5) is 27.8. The second kappa shape index (κ2) is 9.77. The molecule has 2 unspecified atom stereocenters. The van der Waals surface area contributed by atoms with Gasteiger partial charge in [0.2, 0.25) is 11.8 Å². The van der Waals surface area contributed by atoms with Crippen LogP contribution in [0.15, 0.2) is 48.9 Å². The van der Waals surface area contributed by atoms with Gasteiger partial charge in [-0.25, -0.2) is 14.8 Å². The summed E-state index contributed by atoms with van der Waals surface area (Å²) < 4.78 is 23.3. The smallest absolute Gasteiger partial charge is 0.415 e. The Bertz CT molecular complexity index is 1210. The van der Waals surface area contributed by atoms with Gasteiger partial charge < -0.3 is 23.8 Å². The average Bonchev–Trinajstić information content (AvgIpc) is 3.13. The van der Waals surface area contributed by atoms with Crippen LogP contribution in [0.3, 0.4) is 0 Å². The molecule has 2 aliphatic heterocycles. The van der Waals surface area contributed by atoms with Gasteiger partial charge in [0.05, 0.1) is 18.4 Å². The van der Waals surface area contributed by atoms with E-state index in [9.17, 15) is 4.79 Å². The Balaban J connectivity index is 1.26. The molecule has 2 aromatic heterocycles. The number of fused-ring (bicyclic) bond motifs is 2. The lowest BCUT2D eigenvalue weighted by atomic mass is 10.0. The number of carbonyl (C=O) groups is 1. The molecule has 4 heterocycles. The Kier molecular flexibility index (Phi) is 6.39. The summed E-state index contributed by atoms with van der Waals surface area (Å²) in [5.74, 6) is 2.52. The number of nitrogens with zero attached hydrogens (tertiary/aromatic N) is 4. The summed E-state index contributed by atoms with van der Waals surface area (Å²) in [6, 6.07) is 10.9. The van der Waals surface area contributed by atoms with E-state index in [1.54, 1.807) is 25.4 Å². The van der Waals surface area contributed by atoms with Gasteiger partial charge in [-0.3, -0.25) is 4.98 Å². The van der Waals surface area contributed by atoms with Crippen molar-refractivity contribution >= 4 is 6.09 Å². The molecule has 5 rings (SSSR count). The van der Waals surface area contributed by atoms with Crippen LogP contribution in [0.2, 0.25) is 0 Å². The van der Waals surface area contributed by atoms with Gasteiger partial charge in [-0.2, -0.15) is 0 Å². The lowest BCUT2D eigenvalue weighted by Gasteiger charge is -2.38. The zero-order valence-electron chi connectivity index (χ0n) is 20.0. The largest absolute Gasteiger partial charge is 0.493 e. The number of para-hydroxylation sites is 2. The molecule has 2 bridgehead atoms. The first kappa shape index (κ1) is 22.9. The highest BCUT2D eigenvalue weighted by molar-refractivity contribution is 5.73. The first-order valence-corrected chi connectivity index (χ1v) is 11.7. The molecular formula is C26H28N4O5. The van der Waals surface area contributed by atoms with E-state index < -0.39 is 0 Å². The number of methoxy groups -OCH3 is 1. The molecule has 0 N–H and O–H groups in total. The maximum atomic E-state index is 13.0. The third kappa shape index (κ3) is 4.71. The summed E-state index contributed by atoms with van der Waals surface area (Å²) >= 11 is 0. The maximum Gasteiger partial charge on any atom is 0.415 e. The molecule has 9 nitrogen and oxygen atoms in total. The fraction of sp³-hybridized carbons (Fsp3) is 0.385. The van der Waals surface area contributed by atoms with Crippen molar-refractivity contribution in [2.24, 2.45) is 0 Å². The predicted molar refractivity (Wildman–Crippen MR) is 127 cm³/mol. The molecule has 2 saturated heterocycles. The van der Waals surface area contributed by atoms with Crippen LogP contribution in [0.4, 0.5) is 4.79 Å². The van der Waals surface area contributed by atoms with E-state index >= 15 is 0 Å². The minimum atomic E-state index is -0.346. The molecule has 35 heavy (non-hydrogen) atoms. The number of hydrogen-bond acceptors (Lipinski definition) is 8. The molecule has 0 radical (unpaired) electrons. The van der Waals surface area contributed by atoms with Crippen LogP contribution in [-0.2, 0) is 0 Å². The molecule has 2 fully saturated rings. The van der Waals surface area contributed by atoms with Crippen molar-refractivity contribution in [2.45, 2.75) is 57.7 Å². The van der Waals surface area contributed by atoms with E-state index in [4.69, 9.17) is 18.9 Å². The van der Waals surface area contributed by atoms with Crippen molar-refractivity contribution in [1.29, 1.82) is 0 Å². The third-order valence-electron chi connectivity index (χ3n) is 6.60. The van der Waals surface area contributed by atoms with Gasteiger partial charge in [-0.15, -0.1) is 0 Å². The van der Waals surface area contributed by atoms with Crippen molar-refractivity contribution in [2.75, 3.05) is 7.11 Å². The van der Waals surface area contributed by atoms with Gasteiger partial charge in [-0.1, -0.05) is 12.1 Å². The Morgan fingerprint density at radius 3 is 2.31 bits per heavy atom. The van der Waals surface area contributed by atoms with Gasteiger partial charge in [0.15, 0.2) is 17.2 Å². The quantitative estimate of drug-likeness (QED) is 0.498. The van der Waals surface area contributed by atoms with Crippen LogP contribution in [0, 0.1) is 13.8 Å². The molecular weight excluding hydrogens is 448 g/mol. The van der Waals surface area contributed by atoms with Gasteiger partial charge >= 0.3 is 6.09 Å². The number of benzene rings is 1. The fourth-order valence-corrected chi connectivity index (χ4v) is 4.85. The van der Waals surface area contributed by atoms with Gasteiger partial charge in [0.1, 0.15) is 12.4 Å². The molecule has 0 spiro atoms. The summed E-state index contributed by atoms with van der Waals surface area (Å²) in [5, 5.41) is 0. The lowest BCUT2D eigenvalue weighted by Crippen LogP contribution is -2.50. The number of pyridine rings is 1. The van der Waals surface area contributed by atoms with Gasteiger partial charge in [-0.05, 0) is 51.0 Å². The monoisotopic (exact) mass is 476 g/mol. The highest BCUT2D eigenvalue weighted by Crippen LogP contribution is 2.39. The number of carbonyl (C=O) groups excluding carboxylic acids is 1. The standard InChI is InChI=1S/C26H28N4O5/c1-16-24(28-15-29-25(16)34-21-9-6-12-27-17(21)2)33-20-13-18-10-11-19(14-20)30(18)26(31)35-23-8-5-4-7-22(23)32-3/h4-9,12,15,18-20H,10-11,13-14H2,1-3H3. The van der Waals surface area contributed by atoms with Crippen LogP contribution in [0.1, 0.15) is 36.9 Å². The number of aromatic nitrogens is 3. The minimum absolute atomic E-state index is 0.0527. The number of amides is 1. The fourth-order valence-electron chi connectivity index (χ4n) is 4.85. The SMILES string of the molecule is COc1ccccc1OC(=O)N1C2CCC1CC(Oc1ncnc(Oc3cccnc3C)c1C)C2. The number of piperidine rings is 1. The van der Waals surface area contributed by atoms with E-state index in [2.05, 4.69) is 15.0 Å². The normalized spacial score (nSPS) is 20.9. The second-order valence-corrected chi connectivity index (χ2v) is 8.82. The van der Waals surface area contributed by atoms with E-state index in [0.29, 0.717) is 41.9 Å². The average molecular weight is 477 g/mol. The first-order chi connectivity index (χ1) is 17.0. The topological polar surface area (TPSA) is 95.9 Å². The molecule has 1 amide bonds. The predicted octanol–water partition coefficient (Wildman–Crippen LogP) is 4.86. The van der Waals surface area contributed by atoms with E-state index in [-0.39, 0.29) is 24.3 Å². The Labute approximate surface area is 204 Å². The summed E-state index contributed by atoms with van der Waals surface area (Å²) in [5.41, 5.74) is 1.50. The van der Waals surface area contributed by atoms with E-state index in [0.717, 1.165) is 24.1 Å². The van der Waals surface area contributed by atoms with Gasteiger partial charge in [0.25, 0.3) is 0 Å². The van der Waals surface area contributed by atoms with Crippen molar-refractivity contribution in [3.8, 4) is 29.0 Å². The zero-order valence-corrected chi connectivity index (χ0v) is 20.0. The number of hydrogen-bond donors (Lipinski definition) is 0. The molecule has 2 atom stereocenters. The van der Waals surface area contributed by atoms with Crippen LogP contribution < -0.4 is 18.9 Å². The highest BCUT2D eigenvalue weighted by atomic mass is 16.6. The molecule has 9 heteroatoms. The van der Waals surface area contributed by atoms with E-state index in [1.807, 2.05) is 43.0 Å². The minimum Gasteiger partial charge on any atom is -0.493 e. The van der Waals surface area contributed by atoms with Crippen LogP contribution in [0.25, 0.3) is 0 Å². The van der Waals surface area contributed by atoms with E-state index in [1.165, 1.54) is 6.33 Å². The summed E-state index contributed by atoms with van der Waals surface area (Å²) in [7, 11) is 1.56. The molecule has 0 aliphatic carbocycles. The number of aryl methyl sites for hydroxylation is 1. The summed E-state index contributed by atoms with van der Waals surface area (Å²) in [6.45, 7) is 3.76. The van der Waals surface area contributed by atoms with Crippen molar-refractivity contribution in [3.63, 3.8) is 0 Å². The van der Waals surface area contributed by atoms with Crippen molar-refractivity contribution < 1.29 is 23.7 Å². The van der Waals surface area contributed by atoms with Crippen molar-refractivity contribution in [1.82, 2.24) is 19.9 Å². The molecule has 0 saturated carbocycles. The maximum absolute atomic E-state index is 13.0. The third-order valence-corrected chi connectivity index (χ3v) is 6.60. The second-order valence-electron chi connectivity index (χ2n) is 8.82. The highest BCUT2D eigenvalue weighted by Gasteiger charge is 2.45. The lowest BCUT2D eigenvalue weighted by molar-refractivity contribution is 0.0498. The first-order valence-electron chi connectivity index (χ1n) is 11.7. The molecule has 3 aromatic rings. The number of ether oxygens (including phenoxy) is 4. The van der Waals surface area contributed by atoms with Crippen molar-refractivity contribution in [3.05, 3.63) is 60.2 Å². The van der Waals surface area contributed by atoms with Crippen LogP contribution >= 0.6 is 0 Å². The van der Waals surface area contributed by atoms with Gasteiger partial charge in [0, 0.05) is 31.1 Å².